The van der Waals surface area contributed by atoms with Gasteiger partial charge in [0.25, 0.3) is 5.91 Å². The highest BCUT2D eigenvalue weighted by atomic mass is 16.5. The number of pyridine rings is 1. The molecule has 1 aromatic heterocycles. The average Bonchev–Trinajstić information content (AvgIpc) is 2.73. The summed E-state index contributed by atoms with van der Waals surface area (Å²) in [6.07, 6.45) is 0.304. The number of benzene rings is 2. The molecule has 28 heavy (non-hydrogen) atoms. The van der Waals surface area contributed by atoms with Crippen LogP contribution in [0.1, 0.15) is 39.4 Å². The van der Waals surface area contributed by atoms with Gasteiger partial charge in [-0.1, -0.05) is 48.5 Å². The SMILES string of the molecule is CC(=O)c1cccc(NC(=O)[C@H](OC(=O)c2ccccn2)c2ccccc2)c1. The number of nitrogens with zero attached hydrogens (tertiary/aromatic N) is 1. The Hall–Kier alpha value is -3.80. The first-order valence-electron chi connectivity index (χ1n) is 8.63. The molecule has 140 valence electrons. The number of Topliss-reactive ketones (excluding diaryl/α,β-unsaturated/α-hetero) is 1. The van der Waals surface area contributed by atoms with Gasteiger partial charge in [0.1, 0.15) is 5.69 Å². The van der Waals surface area contributed by atoms with E-state index in [-0.39, 0.29) is 11.5 Å². The van der Waals surface area contributed by atoms with Crippen LogP contribution in [0, 0.1) is 0 Å². The number of esters is 1. The minimum absolute atomic E-state index is 0.106. The van der Waals surface area contributed by atoms with Crippen LogP contribution in [0.2, 0.25) is 0 Å². The van der Waals surface area contributed by atoms with Gasteiger partial charge in [-0.05, 0) is 31.2 Å². The summed E-state index contributed by atoms with van der Waals surface area (Å²) in [6.45, 7) is 1.45. The number of rotatable bonds is 6. The number of nitrogens with one attached hydrogen (secondary N) is 1. The summed E-state index contributed by atoms with van der Waals surface area (Å²) in [5, 5.41) is 2.70. The zero-order valence-corrected chi connectivity index (χ0v) is 15.2. The van der Waals surface area contributed by atoms with Crippen molar-refractivity contribution in [3.63, 3.8) is 0 Å². The predicted molar refractivity (Wildman–Crippen MR) is 104 cm³/mol. The quantitative estimate of drug-likeness (QED) is 0.524. The van der Waals surface area contributed by atoms with Crippen LogP contribution in [0.5, 0.6) is 0 Å². The summed E-state index contributed by atoms with van der Waals surface area (Å²) in [4.78, 5) is 40.8. The van der Waals surface area contributed by atoms with E-state index in [0.717, 1.165) is 0 Å². The molecule has 6 nitrogen and oxygen atoms in total. The van der Waals surface area contributed by atoms with Crippen LogP contribution in [-0.2, 0) is 9.53 Å². The van der Waals surface area contributed by atoms with Crippen LogP contribution in [0.25, 0.3) is 0 Å². The summed E-state index contributed by atoms with van der Waals surface area (Å²) < 4.78 is 5.45. The lowest BCUT2D eigenvalue weighted by atomic mass is 10.1. The number of hydrogen-bond donors (Lipinski definition) is 1. The van der Waals surface area contributed by atoms with Gasteiger partial charge in [-0.3, -0.25) is 9.59 Å². The van der Waals surface area contributed by atoms with Crippen molar-refractivity contribution in [1.29, 1.82) is 0 Å². The highest BCUT2D eigenvalue weighted by molar-refractivity contribution is 5.99. The van der Waals surface area contributed by atoms with Gasteiger partial charge in [-0.2, -0.15) is 0 Å². The molecule has 1 amide bonds. The van der Waals surface area contributed by atoms with E-state index in [2.05, 4.69) is 10.3 Å². The molecule has 2 aromatic carbocycles. The maximum Gasteiger partial charge on any atom is 0.358 e. The smallest absolute Gasteiger partial charge is 0.358 e. The molecule has 0 saturated carbocycles. The van der Waals surface area contributed by atoms with Crippen LogP contribution >= 0.6 is 0 Å². The number of amides is 1. The first-order chi connectivity index (χ1) is 13.5. The van der Waals surface area contributed by atoms with Crippen LogP contribution < -0.4 is 5.32 Å². The summed E-state index contributed by atoms with van der Waals surface area (Å²) in [5.74, 6) is -1.35. The Morgan fingerprint density at radius 2 is 1.68 bits per heavy atom. The number of hydrogen-bond acceptors (Lipinski definition) is 5. The molecule has 0 bridgehead atoms. The highest BCUT2D eigenvalue weighted by Gasteiger charge is 2.26. The zero-order valence-electron chi connectivity index (χ0n) is 15.2. The molecule has 0 spiro atoms. The van der Waals surface area contributed by atoms with Crippen molar-refractivity contribution in [2.24, 2.45) is 0 Å². The van der Waals surface area contributed by atoms with Crippen LogP contribution in [0.3, 0.4) is 0 Å². The van der Waals surface area contributed by atoms with Gasteiger partial charge < -0.3 is 10.1 Å². The Kier molecular flexibility index (Phi) is 5.91. The first-order valence-corrected chi connectivity index (χ1v) is 8.63. The molecule has 3 rings (SSSR count). The van der Waals surface area contributed by atoms with E-state index < -0.39 is 18.0 Å². The van der Waals surface area contributed by atoms with Crippen molar-refractivity contribution in [3.8, 4) is 0 Å². The fourth-order valence-corrected chi connectivity index (χ4v) is 2.58. The maximum atomic E-state index is 12.9. The van der Waals surface area contributed by atoms with Crippen molar-refractivity contribution in [3.05, 3.63) is 95.8 Å². The molecule has 0 aliphatic heterocycles. The molecular formula is C22H18N2O4. The largest absolute Gasteiger partial charge is 0.443 e. The summed E-state index contributed by atoms with van der Waals surface area (Å²) in [5.41, 5.74) is 1.54. The molecule has 1 N–H and O–H groups in total. The molecule has 0 fully saturated rings. The lowest BCUT2D eigenvalue weighted by Gasteiger charge is -2.18. The number of ketones is 1. The fraction of sp³-hybridized carbons (Fsp3) is 0.0909. The van der Waals surface area contributed by atoms with Crippen molar-refractivity contribution < 1.29 is 19.1 Å². The van der Waals surface area contributed by atoms with E-state index in [4.69, 9.17) is 4.74 Å². The fourth-order valence-electron chi connectivity index (χ4n) is 2.58. The van der Waals surface area contributed by atoms with Crippen molar-refractivity contribution in [2.45, 2.75) is 13.0 Å². The van der Waals surface area contributed by atoms with Gasteiger partial charge in [0.2, 0.25) is 6.10 Å². The van der Waals surface area contributed by atoms with Crippen molar-refractivity contribution in [2.75, 3.05) is 5.32 Å². The monoisotopic (exact) mass is 374 g/mol. The van der Waals surface area contributed by atoms with E-state index >= 15 is 0 Å². The van der Waals surface area contributed by atoms with E-state index in [1.54, 1.807) is 66.7 Å². The third kappa shape index (κ3) is 4.67. The van der Waals surface area contributed by atoms with Crippen LogP contribution in [0.4, 0.5) is 5.69 Å². The van der Waals surface area contributed by atoms with Gasteiger partial charge in [0.05, 0.1) is 0 Å². The van der Waals surface area contributed by atoms with Crippen LogP contribution in [-0.4, -0.2) is 22.6 Å². The third-order valence-electron chi connectivity index (χ3n) is 3.98. The number of carbonyl (C=O) groups excluding carboxylic acids is 3. The molecule has 0 saturated heterocycles. The van der Waals surface area contributed by atoms with Crippen LogP contribution in [0.15, 0.2) is 79.0 Å². The van der Waals surface area contributed by atoms with Crippen molar-refractivity contribution >= 4 is 23.3 Å². The van der Waals surface area contributed by atoms with Gasteiger partial charge in [0, 0.05) is 23.0 Å². The third-order valence-corrected chi connectivity index (χ3v) is 3.98. The Morgan fingerprint density at radius 3 is 2.36 bits per heavy atom. The summed E-state index contributed by atoms with van der Waals surface area (Å²) in [6, 6.07) is 20.1. The number of carbonyl (C=O) groups is 3. The second-order valence-corrected chi connectivity index (χ2v) is 6.04. The molecule has 0 aliphatic rings. The van der Waals surface area contributed by atoms with Gasteiger partial charge in [-0.15, -0.1) is 0 Å². The molecule has 6 heteroatoms. The molecule has 1 atom stereocenters. The lowest BCUT2D eigenvalue weighted by Crippen LogP contribution is -2.26. The van der Waals surface area contributed by atoms with E-state index in [9.17, 15) is 14.4 Å². The van der Waals surface area contributed by atoms with Gasteiger partial charge in [-0.25, -0.2) is 9.78 Å². The molecular weight excluding hydrogens is 356 g/mol. The molecule has 0 unspecified atom stereocenters. The molecule has 3 aromatic rings. The Bertz CT molecular complexity index is 988. The second-order valence-electron chi connectivity index (χ2n) is 6.04. The minimum atomic E-state index is -1.17. The minimum Gasteiger partial charge on any atom is -0.443 e. The normalized spacial score (nSPS) is 11.3. The predicted octanol–water partition coefficient (Wildman–Crippen LogP) is 3.82. The zero-order chi connectivity index (χ0) is 19.9. The topological polar surface area (TPSA) is 85.4 Å². The second kappa shape index (κ2) is 8.73. The number of anilines is 1. The standard InChI is InChI=1S/C22H18N2O4/c1-15(25)17-10-7-11-18(14-17)24-21(26)20(16-8-3-2-4-9-16)28-22(27)19-12-5-6-13-23-19/h2-14,20H,1H3,(H,24,26)/t20-/m1/s1. The van der Waals surface area contributed by atoms with E-state index in [1.165, 1.54) is 19.2 Å². The molecule has 0 radical (unpaired) electrons. The van der Waals surface area contributed by atoms with E-state index in [0.29, 0.717) is 16.8 Å². The molecule has 0 aliphatic carbocycles. The Morgan fingerprint density at radius 1 is 0.929 bits per heavy atom. The Labute approximate surface area is 162 Å². The number of aromatic nitrogens is 1. The van der Waals surface area contributed by atoms with Gasteiger partial charge >= 0.3 is 5.97 Å². The Balaban J connectivity index is 1.84. The summed E-state index contributed by atoms with van der Waals surface area (Å²) >= 11 is 0. The molecule has 1 heterocycles. The van der Waals surface area contributed by atoms with Gasteiger partial charge in [0.15, 0.2) is 5.78 Å². The average molecular weight is 374 g/mol. The first kappa shape index (κ1) is 19.0. The van der Waals surface area contributed by atoms with E-state index in [1.807, 2.05) is 0 Å². The number of ether oxygens (including phenoxy) is 1. The maximum absolute atomic E-state index is 12.9. The van der Waals surface area contributed by atoms with Crippen molar-refractivity contribution in [1.82, 2.24) is 4.98 Å². The summed E-state index contributed by atoms with van der Waals surface area (Å²) in [7, 11) is 0. The lowest BCUT2D eigenvalue weighted by molar-refractivity contribution is -0.125. The highest BCUT2D eigenvalue weighted by Crippen LogP contribution is 2.22.